The first-order valence-corrected chi connectivity index (χ1v) is 10.1. The van der Waals surface area contributed by atoms with Gasteiger partial charge in [0.2, 0.25) is 0 Å². The Bertz CT molecular complexity index is 842. The van der Waals surface area contributed by atoms with Gasteiger partial charge in [-0.05, 0) is 62.2 Å². The quantitative estimate of drug-likeness (QED) is 0.740. The van der Waals surface area contributed by atoms with Crippen molar-refractivity contribution in [2.75, 3.05) is 43.9 Å². The summed E-state index contributed by atoms with van der Waals surface area (Å²) in [6.07, 6.45) is 2.32. The zero-order valence-corrected chi connectivity index (χ0v) is 17.4. The van der Waals surface area contributed by atoms with Crippen LogP contribution in [0.4, 0.5) is 11.4 Å². The third kappa shape index (κ3) is 5.35. The molecule has 2 N–H and O–H groups in total. The Labute approximate surface area is 172 Å². The number of amides is 2. The van der Waals surface area contributed by atoms with E-state index >= 15 is 0 Å². The van der Waals surface area contributed by atoms with Crippen LogP contribution in [0.3, 0.4) is 0 Å². The Kier molecular flexibility index (Phi) is 6.88. The van der Waals surface area contributed by atoms with Gasteiger partial charge in [-0.25, -0.2) is 0 Å². The fraction of sp³-hybridized carbons (Fsp3) is 0.391. The zero-order chi connectivity index (χ0) is 20.8. The molecule has 1 fully saturated rings. The van der Waals surface area contributed by atoms with Gasteiger partial charge in [-0.2, -0.15) is 0 Å². The van der Waals surface area contributed by atoms with E-state index in [2.05, 4.69) is 44.7 Å². The van der Waals surface area contributed by atoms with Crippen LogP contribution in [0.25, 0.3) is 0 Å². The molecule has 0 radical (unpaired) electrons. The monoisotopic (exact) mass is 394 g/mol. The van der Waals surface area contributed by atoms with Crippen LogP contribution in [-0.4, -0.2) is 50.4 Å². The summed E-state index contributed by atoms with van der Waals surface area (Å²) in [5, 5.41) is 5.52. The number of hydrogen-bond donors (Lipinski definition) is 2. The molecule has 1 heterocycles. The third-order valence-corrected chi connectivity index (χ3v) is 5.43. The molecular formula is C23H30N4O2. The second kappa shape index (κ2) is 9.56. The molecule has 154 valence electrons. The largest absolute Gasteiger partial charge is 0.378 e. The maximum Gasteiger partial charge on any atom is 0.313 e. The lowest BCUT2D eigenvalue weighted by molar-refractivity contribution is -0.136. The van der Waals surface area contributed by atoms with Gasteiger partial charge < -0.3 is 15.5 Å². The highest BCUT2D eigenvalue weighted by Crippen LogP contribution is 2.26. The van der Waals surface area contributed by atoms with Crippen molar-refractivity contribution in [3.63, 3.8) is 0 Å². The van der Waals surface area contributed by atoms with E-state index in [1.54, 1.807) is 6.07 Å². The lowest BCUT2D eigenvalue weighted by atomic mass is 10.0. The summed E-state index contributed by atoms with van der Waals surface area (Å²) in [4.78, 5) is 29.2. The molecule has 0 saturated carbocycles. The summed E-state index contributed by atoms with van der Waals surface area (Å²) >= 11 is 0. The predicted molar refractivity (Wildman–Crippen MR) is 117 cm³/mol. The molecule has 0 spiro atoms. The Morgan fingerprint density at radius 1 is 1.00 bits per heavy atom. The van der Waals surface area contributed by atoms with Gasteiger partial charge in [-0.3, -0.25) is 14.5 Å². The summed E-state index contributed by atoms with van der Waals surface area (Å²) < 4.78 is 0. The summed E-state index contributed by atoms with van der Waals surface area (Å²) in [5.41, 5.74) is 3.86. The van der Waals surface area contributed by atoms with Crippen molar-refractivity contribution < 1.29 is 9.59 Å². The zero-order valence-electron chi connectivity index (χ0n) is 17.4. The topological polar surface area (TPSA) is 64.7 Å². The van der Waals surface area contributed by atoms with Crippen LogP contribution >= 0.6 is 0 Å². The minimum Gasteiger partial charge on any atom is -0.378 e. The number of nitrogens with one attached hydrogen (secondary N) is 2. The van der Waals surface area contributed by atoms with Crippen LogP contribution in [0.15, 0.2) is 48.5 Å². The van der Waals surface area contributed by atoms with Gasteiger partial charge in [0.25, 0.3) is 0 Å². The van der Waals surface area contributed by atoms with Crippen molar-refractivity contribution in [3.05, 3.63) is 59.7 Å². The summed E-state index contributed by atoms with van der Waals surface area (Å²) in [7, 11) is 4.03. The standard InChI is InChI=1S/C23H30N4O2/c1-17-8-4-5-9-20(17)25-23(29)22(28)24-16-21(27-14-6-7-15-27)18-10-12-19(13-11-18)26(2)3/h4-5,8-13,21H,6-7,14-16H2,1-3H3,(H,24,28)(H,25,29)/t21-/m1/s1. The number of rotatable bonds is 6. The first kappa shape index (κ1) is 20.9. The van der Waals surface area contributed by atoms with E-state index in [1.807, 2.05) is 39.2 Å². The van der Waals surface area contributed by atoms with Gasteiger partial charge in [-0.15, -0.1) is 0 Å². The van der Waals surface area contributed by atoms with Crippen molar-refractivity contribution in [3.8, 4) is 0 Å². The number of nitrogens with zero attached hydrogens (tertiary/aromatic N) is 2. The first-order chi connectivity index (χ1) is 14.0. The number of hydrogen-bond acceptors (Lipinski definition) is 4. The number of para-hydroxylation sites is 1. The lowest BCUT2D eigenvalue weighted by Crippen LogP contribution is -2.41. The molecular weight excluding hydrogens is 364 g/mol. The molecule has 0 aromatic heterocycles. The van der Waals surface area contributed by atoms with E-state index in [9.17, 15) is 9.59 Å². The average Bonchev–Trinajstić information content (AvgIpc) is 3.24. The van der Waals surface area contributed by atoms with E-state index in [0.717, 1.165) is 42.7 Å². The Morgan fingerprint density at radius 3 is 2.28 bits per heavy atom. The third-order valence-electron chi connectivity index (χ3n) is 5.43. The molecule has 0 bridgehead atoms. The molecule has 6 heteroatoms. The van der Waals surface area contributed by atoms with E-state index in [4.69, 9.17) is 0 Å². The van der Waals surface area contributed by atoms with E-state index < -0.39 is 11.8 Å². The smallest absolute Gasteiger partial charge is 0.313 e. The molecule has 1 atom stereocenters. The van der Waals surface area contributed by atoms with Gasteiger partial charge in [-0.1, -0.05) is 30.3 Å². The maximum atomic E-state index is 12.4. The SMILES string of the molecule is Cc1ccccc1NC(=O)C(=O)NC[C@H](c1ccc(N(C)C)cc1)N1CCCC1. The Morgan fingerprint density at radius 2 is 1.66 bits per heavy atom. The molecule has 1 saturated heterocycles. The number of carbonyl (C=O) groups is 2. The average molecular weight is 395 g/mol. The minimum absolute atomic E-state index is 0.0592. The fourth-order valence-corrected chi connectivity index (χ4v) is 3.67. The van der Waals surface area contributed by atoms with Crippen LogP contribution in [0.2, 0.25) is 0 Å². The van der Waals surface area contributed by atoms with E-state index in [0.29, 0.717) is 12.2 Å². The minimum atomic E-state index is -0.637. The van der Waals surface area contributed by atoms with Crippen molar-refractivity contribution >= 4 is 23.2 Å². The van der Waals surface area contributed by atoms with Gasteiger partial charge in [0.05, 0.1) is 6.04 Å². The Balaban J connectivity index is 1.65. The summed E-state index contributed by atoms with van der Waals surface area (Å²) in [6, 6.07) is 15.9. The Hall–Kier alpha value is -2.86. The highest BCUT2D eigenvalue weighted by molar-refractivity contribution is 6.39. The maximum absolute atomic E-state index is 12.4. The highest BCUT2D eigenvalue weighted by atomic mass is 16.2. The van der Waals surface area contributed by atoms with Gasteiger partial charge >= 0.3 is 11.8 Å². The van der Waals surface area contributed by atoms with Crippen LogP contribution in [0.1, 0.15) is 30.0 Å². The van der Waals surface area contributed by atoms with Crippen molar-refractivity contribution in [1.29, 1.82) is 0 Å². The number of likely N-dealkylation sites (tertiary alicyclic amines) is 1. The molecule has 0 aliphatic carbocycles. The van der Waals surface area contributed by atoms with Gasteiger partial charge in [0, 0.05) is 32.0 Å². The normalized spacial score (nSPS) is 15.0. The van der Waals surface area contributed by atoms with Gasteiger partial charge in [0.15, 0.2) is 0 Å². The molecule has 2 amide bonds. The molecule has 29 heavy (non-hydrogen) atoms. The molecule has 0 unspecified atom stereocenters. The molecule has 1 aliphatic heterocycles. The number of anilines is 2. The van der Waals surface area contributed by atoms with E-state index in [1.165, 1.54) is 0 Å². The van der Waals surface area contributed by atoms with Gasteiger partial charge in [0.1, 0.15) is 0 Å². The van der Waals surface area contributed by atoms with Crippen LogP contribution < -0.4 is 15.5 Å². The van der Waals surface area contributed by atoms with Crippen LogP contribution in [-0.2, 0) is 9.59 Å². The second-order valence-electron chi connectivity index (χ2n) is 7.72. The summed E-state index contributed by atoms with van der Waals surface area (Å²) in [6.45, 7) is 4.31. The molecule has 2 aromatic rings. The molecule has 3 rings (SSSR count). The van der Waals surface area contributed by atoms with Crippen LogP contribution in [0, 0.1) is 6.92 Å². The fourth-order valence-electron chi connectivity index (χ4n) is 3.67. The number of carbonyl (C=O) groups excluding carboxylic acids is 2. The highest BCUT2D eigenvalue weighted by Gasteiger charge is 2.25. The van der Waals surface area contributed by atoms with Crippen molar-refractivity contribution in [2.24, 2.45) is 0 Å². The van der Waals surface area contributed by atoms with E-state index in [-0.39, 0.29) is 6.04 Å². The number of benzene rings is 2. The second-order valence-corrected chi connectivity index (χ2v) is 7.72. The molecule has 6 nitrogen and oxygen atoms in total. The molecule has 1 aliphatic rings. The van der Waals surface area contributed by atoms with Crippen molar-refractivity contribution in [1.82, 2.24) is 10.2 Å². The predicted octanol–water partition coefficient (Wildman–Crippen LogP) is 2.95. The lowest BCUT2D eigenvalue weighted by Gasteiger charge is -2.28. The summed E-state index contributed by atoms with van der Waals surface area (Å²) in [5.74, 6) is -1.25. The van der Waals surface area contributed by atoms with Crippen LogP contribution in [0.5, 0.6) is 0 Å². The number of aryl methyl sites for hydroxylation is 1. The molecule has 2 aromatic carbocycles. The van der Waals surface area contributed by atoms with Crippen molar-refractivity contribution in [2.45, 2.75) is 25.8 Å². The first-order valence-electron chi connectivity index (χ1n) is 10.1.